The second-order valence-electron chi connectivity index (χ2n) is 1.44. The van der Waals surface area contributed by atoms with Crippen LogP contribution in [0.15, 0.2) is 0 Å². The molecule has 0 aliphatic rings. The van der Waals surface area contributed by atoms with Crippen molar-refractivity contribution in [2.24, 2.45) is 0 Å². The van der Waals surface area contributed by atoms with Gasteiger partial charge in [-0.25, -0.2) is 0 Å². The molecule has 0 amide bonds. The van der Waals surface area contributed by atoms with Crippen LogP contribution in [0, 0.1) is 10.1 Å². The molecule has 0 heterocycles. The molecule has 0 spiro atoms. The van der Waals surface area contributed by atoms with Gasteiger partial charge >= 0.3 is 29.6 Å². The van der Waals surface area contributed by atoms with E-state index in [1.165, 1.54) is 0 Å². The van der Waals surface area contributed by atoms with Crippen LogP contribution < -0.4 is 0 Å². The summed E-state index contributed by atoms with van der Waals surface area (Å²) in [7, 11) is 0. The Hall–Kier alpha value is 0.320. The molecule has 2 N–H and O–H groups in total. The van der Waals surface area contributed by atoms with E-state index in [0.29, 0.717) is 0 Å². The van der Waals surface area contributed by atoms with Gasteiger partial charge in [0.05, 0.1) is 0 Å². The third kappa shape index (κ3) is 4.80. The minimum absolute atomic E-state index is 0. The maximum absolute atomic E-state index is 9.63. The first-order chi connectivity index (χ1) is 3.55. The zero-order chi connectivity index (χ0) is 6.73. The molecular formula is C3H8NNaO4. The Balaban J connectivity index is 0. The average molecular weight is 145 g/mol. The van der Waals surface area contributed by atoms with Crippen LogP contribution in [0.4, 0.5) is 0 Å². The second kappa shape index (κ2) is 5.13. The standard InChI is InChI=1S/C3H7NO4.Na.H/c1-2(3(5)6)4(7)8;;/h2-3,5-6H,1H3;;. The minimum atomic E-state index is -1.86. The summed E-state index contributed by atoms with van der Waals surface area (Å²) in [6.07, 6.45) is -1.86. The maximum atomic E-state index is 9.63. The molecule has 0 fully saturated rings. The molecule has 0 rings (SSSR count). The zero-order valence-corrected chi connectivity index (χ0v) is 4.31. The summed E-state index contributed by atoms with van der Waals surface area (Å²) in [6.45, 7) is 1.12. The molecular weight excluding hydrogens is 137 g/mol. The molecule has 50 valence electrons. The van der Waals surface area contributed by atoms with Crippen molar-refractivity contribution >= 4 is 29.6 Å². The van der Waals surface area contributed by atoms with E-state index >= 15 is 0 Å². The fourth-order valence-electron chi connectivity index (χ4n) is 0.109. The van der Waals surface area contributed by atoms with E-state index < -0.39 is 17.3 Å². The van der Waals surface area contributed by atoms with Crippen molar-refractivity contribution in [3.8, 4) is 0 Å². The number of nitro groups is 1. The van der Waals surface area contributed by atoms with Gasteiger partial charge in [0.25, 0.3) is 6.04 Å². The van der Waals surface area contributed by atoms with Crippen molar-refractivity contribution < 1.29 is 15.1 Å². The van der Waals surface area contributed by atoms with Crippen LogP contribution in [0.1, 0.15) is 6.92 Å². The number of hydrogen-bond acceptors (Lipinski definition) is 4. The molecule has 1 unspecified atom stereocenters. The van der Waals surface area contributed by atoms with E-state index in [4.69, 9.17) is 10.2 Å². The molecule has 6 heteroatoms. The van der Waals surface area contributed by atoms with Crippen molar-refractivity contribution in [3.05, 3.63) is 10.1 Å². The Morgan fingerprint density at radius 2 is 1.89 bits per heavy atom. The van der Waals surface area contributed by atoms with Gasteiger partial charge < -0.3 is 10.2 Å². The van der Waals surface area contributed by atoms with Gasteiger partial charge in [0.2, 0.25) is 6.29 Å². The van der Waals surface area contributed by atoms with Crippen LogP contribution in [0.3, 0.4) is 0 Å². The first kappa shape index (κ1) is 12.0. The second-order valence-corrected chi connectivity index (χ2v) is 1.44. The van der Waals surface area contributed by atoms with Gasteiger partial charge in [-0.05, 0) is 0 Å². The summed E-state index contributed by atoms with van der Waals surface area (Å²) in [5.74, 6) is 0. The molecule has 0 aromatic carbocycles. The van der Waals surface area contributed by atoms with Crippen molar-refractivity contribution in [2.75, 3.05) is 0 Å². The predicted molar refractivity (Wildman–Crippen MR) is 31.8 cm³/mol. The first-order valence-electron chi connectivity index (χ1n) is 2.05. The summed E-state index contributed by atoms with van der Waals surface area (Å²) in [5.41, 5.74) is 0. The molecule has 0 aliphatic heterocycles. The van der Waals surface area contributed by atoms with Crippen LogP contribution in [-0.2, 0) is 0 Å². The van der Waals surface area contributed by atoms with Gasteiger partial charge in [0, 0.05) is 11.8 Å². The Morgan fingerprint density at radius 1 is 1.56 bits per heavy atom. The molecule has 9 heavy (non-hydrogen) atoms. The number of aliphatic hydroxyl groups excluding tert-OH is 1. The van der Waals surface area contributed by atoms with Gasteiger partial charge in [-0.15, -0.1) is 0 Å². The van der Waals surface area contributed by atoms with Crippen molar-refractivity contribution in [2.45, 2.75) is 19.3 Å². The third-order valence-corrected chi connectivity index (χ3v) is 0.764. The number of hydrogen-bond donors (Lipinski definition) is 2. The normalized spacial score (nSPS) is 12.4. The summed E-state index contributed by atoms with van der Waals surface area (Å²) < 4.78 is 0. The Bertz CT molecular complexity index is 95.8. The summed E-state index contributed by atoms with van der Waals surface area (Å²) in [5, 5.41) is 25.8. The van der Waals surface area contributed by atoms with E-state index in [-0.39, 0.29) is 29.6 Å². The van der Waals surface area contributed by atoms with Gasteiger partial charge in [0.1, 0.15) is 0 Å². The van der Waals surface area contributed by atoms with Crippen LogP contribution >= 0.6 is 0 Å². The molecule has 0 bridgehead atoms. The van der Waals surface area contributed by atoms with Gasteiger partial charge in [0.15, 0.2) is 0 Å². The topological polar surface area (TPSA) is 83.6 Å². The van der Waals surface area contributed by atoms with Gasteiger partial charge in [-0.1, -0.05) is 0 Å². The Kier molecular flexibility index (Phi) is 6.87. The quantitative estimate of drug-likeness (QED) is 0.210. The van der Waals surface area contributed by atoms with E-state index in [1.54, 1.807) is 0 Å². The summed E-state index contributed by atoms with van der Waals surface area (Å²) in [4.78, 5) is 8.87. The Labute approximate surface area is 74.1 Å². The molecule has 0 saturated carbocycles. The van der Waals surface area contributed by atoms with Crippen molar-refractivity contribution in [1.29, 1.82) is 0 Å². The van der Waals surface area contributed by atoms with Crippen LogP contribution in [0.2, 0.25) is 0 Å². The molecule has 0 saturated heterocycles. The molecule has 0 aromatic rings. The average Bonchev–Trinajstić information content (AvgIpc) is 1.64. The van der Waals surface area contributed by atoms with Crippen molar-refractivity contribution in [1.82, 2.24) is 0 Å². The third-order valence-electron chi connectivity index (χ3n) is 0.764. The molecule has 1 atom stereocenters. The summed E-state index contributed by atoms with van der Waals surface area (Å²) in [6, 6.07) is -1.30. The van der Waals surface area contributed by atoms with E-state index in [9.17, 15) is 10.1 Å². The van der Waals surface area contributed by atoms with Gasteiger partial charge in [-0.3, -0.25) is 10.1 Å². The van der Waals surface area contributed by atoms with Crippen LogP contribution in [0.5, 0.6) is 0 Å². The van der Waals surface area contributed by atoms with E-state index in [2.05, 4.69) is 0 Å². The molecule has 0 aromatic heterocycles. The fourth-order valence-corrected chi connectivity index (χ4v) is 0.109. The van der Waals surface area contributed by atoms with Gasteiger partial charge in [-0.2, -0.15) is 0 Å². The molecule has 0 radical (unpaired) electrons. The molecule has 5 nitrogen and oxygen atoms in total. The van der Waals surface area contributed by atoms with E-state index in [0.717, 1.165) is 6.92 Å². The van der Waals surface area contributed by atoms with Crippen LogP contribution in [-0.4, -0.2) is 57.0 Å². The number of rotatable bonds is 2. The number of nitrogens with zero attached hydrogens (tertiary/aromatic N) is 1. The molecule has 0 aliphatic carbocycles. The number of aliphatic hydroxyl groups is 2. The van der Waals surface area contributed by atoms with Crippen molar-refractivity contribution in [3.63, 3.8) is 0 Å². The fraction of sp³-hybridized carbons (Fsp3) is 1.00. The monoisotopic (exact) mass is 145 g/mol. The zero-order valence-electron chi connectivity index (χ0n) is 4.31. The van der Waals surface area contributed by atoms with Crippen LogP contribution in [0.25, 0.3) is 0 Å². The predicted octanol–water partition coefficient (Wildman–Crippen LogP) is -1.69. The van der Waals surface area contributed by atoms with E-state index in [1.807, 2.05) is 0 Å². The summed E-state index contributed by atoms with van der Waals surface area (Å²) >= 11 is 0. The Morgan fingerprint density at radius 3 is 1.89 bits per heavy atom. The first-order valence-corrected chi connectivity index (χ1v) is 2.05. The SMILES string of the molecule is CC(C(O)O)[N+](=O)[O-].[NaH].